The van der Waals surface area contributed by atoms with Crippen LogP contribution in [-0.4, -0.2) is 25.7 Å². The highest BCUT2D eigenvalue weighted by Gasteiger charge is 2.14. The van der Waals surface area contributed by atoms with Crippen LogP contribution in [0.25, 0.3) is 17.0 Å². The van der Waals surface area contributed by atoms with Crippen molar-refractivity contribution < 1.29 is 14.3 Å². The molecule has 0 unspecified atom stereocenters. The van der Waals surface area contributed by atoms with Crippen LogP contribution in [0.2, 0.25) is 0 Å². The lowest BCUT2D eigenvalue weighted by molar-refractivity contribution is 0.0696. The molecule has 1 aromatic carbocycles. The molecule has 0 aliphatic carbocycles. The number of hydrogen-bond donors (Lipinski definition) is 1. The average Bonchev–Trinajstić information content (AvgIpc) is 2.84. The van der Waals surface area contributed by atoms with Gasteiger partial charge >= 0.3 is 5.97 Å². The summed E-state index contributed by atoms with van der Waals surface area (Å²) < 4.78 is 15.4. The smallest absolute Gasteiger partial charge is 0.337 e. The van der Waals surface area contributed by atoms with Crippen LogP contribution in [0.4, 0.5) is 4.39 Å². The van der Waals surface area contributed by atoms with Crippen molar-refractivity contribution in [2.75, 3.05) is 0 Å². The minimum absolute atomic E-state index is 0.0895. The number of pyridine rings is 1. The largest absolute Gasteiger partial charge is 0.478 e. The lowest BCUT2D eigenvalue weighted by atomic mass is 10.1. The summed E-state index contributed by atoms with van der Waals surface area (Å²) >= 11 is 0. The summed E-state index contributed by atoms with van der Waals surface area (Å²) in [6.07, 6.45) is 1.38. The molecule has 100 valence electrons. The third-order valence-corrected chi connectivity index (χ3v) is 3.01. The third kappa shape index (κ3) is 1.91. The van der Waals surface area contributed by atoms with Crippen molar-refractivity contribution in [2.45, 2.75) is 6.92 Å². The predicted octanol–water partition coefficient (Wildman–Crippen LogP) is 2.54. The van der Waals surface area contributed by atoms with E-state index >= 15 is 0 Å². The fourth-order valence-electron chi connectivity index (χ4n) is 2.01. The number of fused-ring (bicyclic) bond motifs is 1. The molecule has 3 aromatic rings. The number of carbonyl (C=O) groups is 1. The van der Waals surface area contributed by atoms with Crippen molar-refractivity contribution in [3.05, 3.63) is 53.5 Å². The van der Waals surface area contributed by atoms with Gasteiger partial charge in [-0.15, -0.1) is 10.2 Å². The van der Waals surface area contributed by atoms with E-state index in [-0.39, 0.29) is 11.4 Å². The SMILES string of the molecule is Cc1ccc(F)c(-c2nnc3ccc(C(=O)O)cn23)c1. The summed E-state index contributed by atoms with van der Waals surface area (Å²) in [6.45, 7) is 1.84. The van der Waals surface area contributed by atoms with Gasteiger partial charge in [0, 0.05) is 6.20 Å². The van der Waals surface area contributed by atoms with Crippen molar-refractivity contribution >= 4 is 11.6 Å². The Hall–Kier alpha value is -2.76. The van der Waals surface area contributed by atoms with Gasteiger partial charge in [0.15, 0.2) is 11.5 Å². The van der Waals surface area contributed by atoms with Gasteiger partial charge in [0.2, 0.25) is 0 Å². The third-order valence-electron chi connectivity index (χ3n) is 3.01. The summed E-state index contributed by atoms with van der Waals surface area (Å²) in [5.41, 5.74) is 1.73. The second-order valence-electron chi connectivity index (χ2n) is 4.46. The van der Waals surface area contributed by atoms with Gasteiger partial charge in [-0.05, 0) is 31.2 Å². The number of carboxylic acid groups (broad SMARTS) is 1. The highest BCUT2D eigenvalue weighted by atomic mass is 19.1. The van der Waals surface area contributed by atoms with Gasteiger partial charge in [-0.25, -0.2) is 9.18 Å². The lowest BCUT2D eigenvalue weighted by Gasteiger charge is -2.04. The molecule has 6 heteroatoms. The summed E-state index contributed by atoms with van der Waals surface area (Å²) in [5, 5.41) is 16.9. The van der Waals surface area contributed by atoms with Gasteiger partial charge < -0.3 is 5.11 Å². The Morgan fingerprint density at radius 2 is 2.05 bits per heavy atom. The Kier molecular flexibility index (Phi) is 2.71. The van der Waals surface area contributed by atoms with E-state index in [0.717, 1.165) is 5.56 Å². The molecular formula is C14H10FN3O2. The maximum absolute atomic E-state index is 13.9. The highest BCUT2D eigenvalue weighted by molar-refractivity contribution is 5.87. The number of nitrogens with zero attached hydrogens (tertiary/aromatic N) is 3. The van der Waals surface area contributed by atoms with E-state index in [0.29, 0.717) is 11.2 Å². The molecule has 0 bridgehead atoms. The van der Waals surface area contributed by atoms with E-state index in [2.05, 4.69) is 10.2 Å². The maximum atomic E-state index is 13.9. The zero-order chi connectivity index (χ0) is 14.3. The van der Waals surface area contributed by atoms with Crippen LogP contribution in [0.1, 0.15) is 15.9 Å². The molecule has 20 heavy (non-hydrogen) atoms. The Balaban J connectivity index is 2.28. The fourth-order valence-corrected chi connectivity index (χ4v) is 2.01. The van der Waals surface area contributed by atoms with E-state index in [1.165, 1.54) is 28.8 Å². The van der Waals surface area contributed by atoms with E-state index in [1.54, 1.807) is 12.1 Å². The van der Waals surface area contributed by atoms with Crippen molar-refractivity contribution in [2.24, 2.45) is 0 Å². The van der Waals surface area contributed by atoms with Crippen molar-refractivity contribution in [1.82, 2.24) is 14.6 Å². The van der Waals surface area contributed by atoms with Crippen molar-refractivity contribution in [1.29, 1.82) is 0 Å². The first kappa shape index (κ1) is 12.3. The second-order valence-corrected chi connectivity index (χ2v) is 4.46. The van der Waals surface area contributed by atoms with Crippen LogP contribution < -0.4 is 0 Å². The van der Waals surface area contributed by atoms with Crippen LogP contribution in [0.5, 0.6) is 0 Å². The molecule has 3 rings (SSSR count). The number of aryl methyl sites for hydroxylation is 1. The van der Waals surface area contributed by atoms with Gasteiger partial charge in [0.1, 0.15) is 5.82 Å². The number of aromatic nitrogens is 3. The Labute approximate surface area is 113 Å². The molecule has 0 radical (unpaired) electrons. The normalized spacial score (nSPS) is 10.9. The van der Waals surface area contributed by atoms with Crippen LogP contribution in [0.15, 0.2) is 36.5 Å². The Morgan fingerprint density at radius 1 is 1.25 bits per heavy atom. The predicted molar refractivity (Wildman–Crippen MR) is 70.1 cm³/mol. The monoisotopic (exact) mass is 271 g/mol. The molecule has 0 spiro atoms. The van der Waals surface area contributed by atoms with Crippen molar-refractivity contribution in [3.63, 3.8) is 0 Å². The molecule has 0 fully saturated rings. The van der Waals surface area contributed by atoms with E-state index in [9.17, 15) is 9.18 Å². The van der Waals surface area contributed by atoms with Gasteiger partial charge in [0.25, 0.3) is 0 Å². The number of benzene rings is 1. The van der Waals surface area contributed by atoms with Crippen LogP contribution >= 0.6 is 0 Å². The first-order chi connectivity index (χ1) is 9.56. The van der Waals surface area contributed by atoms with E-state index in [1.807, 2.05) is 6.92 Å². The number of aromatic carboxylic acids is 1. The minimum atomic E-state index is -1.06. The summed E-state index contributed by atoms with van der Waals surface area (Å²) in [5.74, 6) is -1.20. The summed E-state index contributed by atoms with van der Waals surface area (Å²) in [4.78, 5) is 11.0. The molecule has 2 aromatic heterocycles. The van der Waals surface area contributed by atoms with Crippen LogP contribution in [0.3, 0.4) is 0 Å². The molecule has 0 atom stereocenters. The van der Waals surface area contributed by atoms with Crippen LogP contribution in [-0.2, 0) is 0 Å². The quantitative estimate of drug-likeness (QED) is 0.777. The topological polar surface area (TPSA) is 67.5 Å². The number of halogens is 1. The van der Waals surface area contributed by atoms with Gasteiger partial charge in [-0.1, -0.05) is 11.6 Å². The molecule has 0 saturated carbocycles. The highest BCUT2D eigenvalue weighted by Crippen LogP contribution is 2.23. The maximum Gasteiger partial charge on any atom is 0.337 e. The van der Waals surface area contributed by atoms with E-state index in [4.69, 9.17) is 5.11 Å². The fraction of sp³-hybridized carbons (Fsp3) is 0.0714. The standard InChI is InChI=1S/C14H10FN3O2/c1-8-2-4-11(15)10(6-8)13-17-16-12-5-3-9(14(19)20)7-18(12)13/h2-7H,1H3,(H,19,20). The zero-order valence-corrected chi connectivity index (χ0v) is 10.5. The molecular weight excluding hydrogens is 261 g/mol. The lowest BCUT2D eigenvalue weighted by Crippen LogP contribution is -2.00. The molecule has 1 N–H and O–H groups in total. The van der Waals surface area contributed by atoms with Crippen molar-refractivity contribution in [3.8, 4) is 11.4 Å². The minimum Gasteiger partial charge on any atom is -0.478 e. The zero-order valence-electron chi connectivity index (χ0n) is 10.5. The first-order valence-electron chi connectivity index (χ1n) is 5.91. The second kappa shape index (κ2) is 4.41. The molecule has 0 aliphatic rings. The Bertz CT molecular complexity index is 826. The number of hydrogen-bond acceptors (Lipinski definition) is 3. The molecule has 0 aliphatic heterocycles. The molecule has 0 saturated heterocycles. The Morgan fingerprint density at radius 3 is 2.80 bits per heavy atom. The summed E-state index contributed by atoms with van der Waals surface area (Å²) in [6, 6.07) is 7.63. The van der Waals surface area contributed by atoms with Gasteiger partial charge in [-0.3, -0.25) is 4.40 Å². The summed E-state index contributed by atoms with van der Waals surface area (Å²) in [7, 11) is 0. The van der Waals surface area contributed by atoms with Crippen LogP contribution in [0, 0.1) is 12.7 Å². The number of rotatable bonds is 2. The van der Waals surface area contributed by atoms with E-state index < -0.39 is 11.8 Å². The molecule has 0 amide bonds. The number of carboxylic acids is 1. The average molecular weight is 271 g/mol. The van der Waals surface area contributed by atoms with Gasteiger partial charge in [-0.2, -0.15) is 0 Å². The molecule has 2 heterocycles. The van der Waals surface area contributed by atoms with Gasteiger partial charge in [0.05, 0.1) is 11.1 Å². The first-order valence-corrected chi connectivity index (χ1v) is 5.91. The molecule has 5 nitrogen and oxygen atoms in total.